The van der Waals surface area contributed by atoms with E-state index in [1.165, 1.54) is 0 Å². The average molecular weight is 315 g/mol. The lowest BCUT2D eigenvalue weighted by atomic mass is 10.3. The highest BCUT2D eigenvalue weighted by molar-refractivity contribution is 9.11. The molecule has 0 saturated carbocycles. The van der Waals surface area contributed by atoms with Crippen molar-refractivity contribution >= 4 is 33.2 Å². The van der Waals surface area contributed by atoms with Crippen LogP contribution in [0.4, 0.5) is 5.95 Å². The van der Waals surface area contributed by atoms with Crippen molar-refractivity contribution in [1.82, 2.24) is 15.5 Å². The molecule has 1 fully saturated rings. The Morgan fingerprint density at radius 2 is 2.24 bits per heavy atom. The van der Waals surface area contributed by atoms with Gasteiger partial charge in [-0.25, -0.2) is 0 Å². The third-order valence-electron chi connectivity index (χ3n) is 2.63. The molecule has 17 heavy (non-hydrogen) atoms. The zero-order valence-corrected chi connectivity index (χ0v) is 11.4. The normalized spacial score (nSPS) is 16.4. The fourth-order valence-corrected chi connectivity index (χ4v) is 2.88. The molecular weight excluding hydrogens is 304 g/mol. The summed E-state index contributed by atoms with van der Waals surface area (Å²) in [6.45, 7) is 3.78. The first kappa shape index (κ1) is 11.2. The summed E-state index contributed by atoms with van der Waals surface area (Å²) in [7, 11) is 0. The van der Waals surface area contributed by atoms with Crippen LogP contribution < -0.4 is 10.2 Å². The second-order valence-corrected chi connectivity index (χ2v) is 6.07. The van der Waals surface area contributed by atoms with Crippen molar-refractivity contribution in [2.24, 2.45) is 0 Å². The van der Waals surface area contributed by atoms with Gasteiger partial charge in [-0.2, -0.15) is 4.98 Å². The molecule has 7 heteroatoms. The van der Waals surface area contributed by atoms with E-state index in [2.05, 4.69) is 36.3 Å². The predicted molar refractivity (Wildman–Crippen MR) is 70.4 cm³/mol. The molecule has 0 bridgehead atoms. The van der Waals surface area contributed by atoms with Gasteiger partial charge in [0.25, 0.3) is 11.8 Å². The Morgan fingerprint density at radius 3 is 2.94 bits per heavy atom. The van der Waals surface area contributed by atoms with Gasteiger partial charge in [0.1, 0.15) is 0 Å². The van der Waals surface area contributed by atoms with E-state index in [1.54, 1.807) is 11.3 Å². The van der Waals surface area contributed by atoms with Gasteiger partial charge < -0.3 is 14.7 Å². The summed E-state index contributed by atoms with van der Waals surface area (Å²) >= 11 is 5.03. The maximum Gasteiger partial charge on any atom is 0.266 e. The van der Waals surface area contributed by atoms with Gasteiger partial charge in [-0.3, -0.25) is 0 Å². The van der Waals surface area contributed by atoms with Crippen molar-refractivity contribution in [3.63, 3.8) is 0 Å². The lowest BCUT2D eigenvalue weighted by Crippen LogP contribution is -2.44. The zero-order valence-electron chi connectivity index (χ0n) is 9.02. The third kappa shape index (κ3) is 2.36. The molecule has 1 saturated heterocycles. The largest absolute Gasteiger partial charge is 0.336 e. The highest BCUT2D eigenvalue weighted by Gasteiger charge is 2.17. The summed E-state index contributed by atoms with van der Waals surface area (Å²) in [5.41, 5.74) is 0.968. The van der Waals surface area contributed by atoms with Gasteiger partial charge in [0, 0.05) is 31.6 Å². The van der Waals surface area contributed by atoms with Crippen molar-refractivity contribution in [3.8, 4) is 11.5 Å². The van der Waals surface area contributed by atoms with Crippen molar-refractivity contribution in [3.05, 3.63) is 15.2 Å². The molecule has 0 atom stereocenters. The second kappa shape index (κ2) is 4.75. The molecule has 2 aromatic rings. The summed E-state index contributed by atoms with van der Waals surface area (Å²) in [6.07, 6.45) is 0. The lowest BCUT2D eigenvalue weighted by molar-refractivity contribution is 0.427. The predicted octanol–water partition coefficient (Wildman–Crippen LogP) is 1.97. The Hall–Kier alpha value is -0.920. The molecule has 0 radical (unpaired) electrons. The van der Waals surface area contributed by atoms with Gasteiger partial charge in [0.2, 0.25) is 0 Å². The van der Waals surface area contributed by atoms with E-state index in [9.17, 15) is 0 Å². The van der Waals surface area contributed by atoms with Crippen molar-refractivity contribution in [2.45, 2.75) is 0 Å². The fourth-order valence-electron chi connectivity index (χ4n) is 1.75. The van der Waals surface area contributed by atoms with E-state index in [1.807, 2.05) is 11.4 Å². The van der Waals surface area contributed by atoms with Gasteiger partial charge in [-0.1, -0.05) is 0 Å². The Kier molecular flexibility index (Phi) is 3.13. The van der Waals surface area contributed by atoms with Gasteiger partial charge in [-0.05, 0) is 27.2 Å². The van der Waals surface area contributed by atoms with Crippen LogP contribution in [0.2, 0.25) is 0 Å². The quantitative estimate of drug-likeness (QED) is 0.918. The summed E-state index contributed by atoms with van der Waals surface area (Å²) in [5, 5.41) is 9.32. The van der Waals surface area contributed by atoms with Crippen LogP contribution >= 0.6 is 27.3 Å². The molecule has 3 rings (SSSR count). The van der Waals surface area contributed by atoms with Crippen molar-refractivity contribution in [2.75, 3.05) is 31.1 Å². The number of aromatic nitrogens is 2. The summed E-state index contributed by atoms with van der Waals surface area (Å²) in [6, 6.07) is 1.99. The number of nitrogens with zero attached hydrogens (tertiary/aromatic N) is 3. The molecule has 0 spiro atoms. The van der Waals surface area contributed by atoms with Crippen molar-refractivity contribution in [1.29, 1.82) is 0 Å². The first-order valence-corrected chi connectivity index (χ1v) is 7.04. The van der Waals surface area contributed by atoms with Crippen LogP contribution in [0.5, 0.6) is 0 Å². The molecule has 0 aliphatic carbocycles. The number of nitrogens with one attached hydrogen (secondary N) is 1. The number of rotatable bonds is 2. The molecule has 5 nitrogen and oxygen atoms in total. The van der Waals surface area contributed by atoms with E-state index in [0.29, 0.717) is 11.8 Å². The van der Waals surface area contributed by atoms with Crippen LogP contribution in [0.15, 0.2) is 19.8 Å². The number of piperazine rings is 1. The average Bonchev–Trinajstić information content (AvgIpc) is 2.98. The minimum Gasteiger partial charge on any atom is -0.336 e. The SMILES string of the molecule is Brc1cc(-c2nc(N3CCNCC3)no2)cs1. The van der Waals surface area contributed by atoms with E-state index in [-0.39, 0.29) is 0 Å². The molecule has 90 valence electrons. The standard InChI is InChI=1S/C10H11BrN4OS/c11-8-5-7(6-17-8)9-13-10(14-16-9)15-3-1-12-2-4-15/h5-6,12H,1-4H2. The Balaban J connectivity index is 1.82. The number of hydrogen-bond acceptors (Lipinski definition) is 6. The topological polar surface area (TPSA) is 54.2 Å². The molecule has 0 amide bonds. The first-order chi connectivity index (χ1) is 8.33. The Labute approximate surface area is 111 Å². The van der Waals surface area contributed by atoms with Crippen LogP contribution in [-0.4, -0.2) is 36.3 Å². The number of hydrogen-bond donors (Lipinski definition) is 1. The summed E-state index contributed by atoms with van der Waals surface area (Å²) < 4.78 is 6.34. The molecule has 2 aromatic heterocycles. The zero-order chi connectivity index (χ0) is 11.7. The van der Waals surface area contributed by atoms with Crippen LogP contribution in [0.25, 0.3) is 11.5 Å². The maximum absolute atomic E-state index is 5.28. The lowest BCUT2D eigenvalue weighted by Gasteiger charge is -2.25. The minimum atomic E-state index is 0.584. The molecule has 0 unspecified atom stereocenters. The summed E-state index contributed by atoms with van der Waals surface area (Å²) in [5.74, 6) is 1.27. The maximum atomic E-state index is 5.28. The summed E-state index contributed by atoms with van der Waals surface area (Å²) in [4.78, 5) is 6.55. The third-order valence-corrected chi connectivity index (χ3v) is 4.13. The van der Waals surface area contributed by atoms with Crippen LogP contribution in [0, 0.1) is 0 Å². The minimum absolute atomic E-state index is 0.584. The van der Waals surface area contributed by atoms with Gasteiger partial charge >= 0.3 is 0 Å². The Morgan fingerprint density at radius 1 is 1.41 bits per heavy atom. The molecular formula is C10H11BrN4OS. The van der Waals surface area contributed by atoms with Crippen LogP contribution in [-0.2, 0) is 0 Å². The van der Waals surface area contributed by atoms with E-state index in [4.69, 9.17) is 4.52 Å². The van der Waals surface area contributed by atoms with Crippen molar-refractivity contribution < 1.29 is 4.52 Å². The van der Waals surface area contributed by atoms with Gasteiger partial charge in [0.15, 0.2) is 0 Å². The van der Waals surface area contributed by atoms with Gasteiger partial charge in [-0.15, -0.1) is 11.3 Å². The Bertz CT molecular complexity index is 506. The highest BCUT2D eigenvalue weighted by Crippen LogP contribution is 2.28. The fraction of sp³-hybridized carbons (Fsp3) is 0.400. The van der Waals surface area contributed by atoms with E-state index in [0.717, 1.165) is 35.5 Å². The van der Waals surface area contributed by atoms with E-state index < -0.39 is 0 Å². The molecule has 1 aliphatic heterocycles. The molecule has 0 aromatic carbocycles. The molecule has 1 aliphatic rings. The monoisotopic (exact) mass is 314 g/mol. The van der Waals surface area contributed by atoms with E-state index >= 15 is 0 Å². The smallest absolute Gasteiger partial charge is 0.266 e. The van der Waals surface area contributed by atoms with Crippen LogP contribution in [0.1, 0.15) is 0 Å². The number of thiophene rings is 1. The first-order valence-electron chi connectivity index (χ1n) is 5.37. The highest BCUT2D eigenvalue weighted by atomic mass is 79.9. The second-order valence-electron chi connectivity index (χ2n) is 3.78. The molecule has 3 heterocycles. The molecule has 1 N–H and O–H groups in total. The van der Waals surface area contributed by atoms with Crippen LogP contribution in [0.3, 0.4) is 0 Å². The van der Waals surface area contributed by atoms with Gasteiger partial charge in [0.05, 0.1) is 9.35 Å². The number of anilines is 1. The number of halogens is 1.